The van der Waals surface area contributed by atoms with Gasteiger partial charge in [0.25, 0.3) is 5.56 Å². The minimum atomic E-state index is -0.323. The molecule has 32 heavy (non-hydrogen) atoms. The quantitative estimate of drug-likeness (QED) is 0.597. The van der Waals surface area contributed by atoms with Crippen molar-refractivity contribution in [2.45, 2.75) is 58.8 Å². The second-order valence-corrected chi connectivity index (χ2v) is 9.10. The first-order chi connectivity index (χ1) is 15.5. The first kappa shape index (κ1) is 21.2. The van der Waals surface area contributed by atoms with E-state index in [1.54, 1.807) is 6.20 Å². The van der Waals surface area contributed by atoms with E-state index >= 15 is 0 Å². The molecule has 2 aliphatic heterocycles. The van der Waals surface area contributed by atoms with Gasteiger partial charge in [0.2, 0.25) is 0 Å². The summed E-state index contributed by atoms with van der Waals surface area (Å²) in [6.45, 7) is 7.15. The lowest BCUT2D eigenvalue weighted by atomic mass is 10.0. The minimum absolute atomic E-state index is 0.201. The summed E-state index contributed by atoms with van der Waals surface area (Å²) in [5, 5.41) is 4.60. The van der Waals surface area contributed by atoms with E-state index in [2.05, 4.69) is 51.6 Å². The maximum atomic E-state index is 12.9. The van der Waals surface area contributed by atoms with Gasteiger partial charge in [0.15, 0.2) is 6.23 Å². The molecule has 8 heteroatoms. The topological polar surface area (TPSA) is 65.2 Å². The molecule has 7 nitrogen and oxygen atoms in total. The number of aryl methyl sites for hydroxylation is 2. The van der Waals surface area contributed by atoms with E-state index in [-0.39, 0.29) is 16.8 Å². The van der Waals surface area contributed by atoms with Gasteiger partial charge in [0, 0.05) is 31.8 Å². The molecule has 1 atom stereocenters. The predicted molar refractivity (Wildman–Crippen MR) is 124 cm³/mol. The van der Waals surface area contributed by atoms with Crippen LogP contribution in [0.2, 0.25) is 5.02 Å². The zero-order valence-electron chi connectivity index (χ0n) is 18.6. The lowest BCUT2D eigenvalue weighted by Crippen LogP contribution is -2.36. The van der Waals surface area contributed by atoms with Crippen LogP contribution in [-0.4, -0.2) is 32.5 Å². The summed E-state index contributed by atoms with van der Waals surface area (Å²) in [7, 11) is 0. The number of aromatic nitrogens is 4. The molecule has 0 N–H and O–H groups in total. The summed E-state index contributed by atoms with van der Waals surface area (Å²) in [4.78, 5) is 19.7. The molecule has 1 unspecified atom stereocenters. The number of hydrogen-bond acceptors (Lipinski definition) is 5. The summed E-state index contributed by atoms with van der Waals surface area (Å²) in [5.74, 6) is 0. The van der Waals surface area contributed by atoms with Crippen LogP contribution in [0.25, 0.3) is 0 Å². The number of hydrogen-bond donors (Lipinski definition) is 0. The third-order valence-electron chi connectivity index (χ3n) is 6.66. The van der Waals surface area contributed by atoms with Crippen molar-refractivity contribution in [1.82, 2.24) is 19.3 Å². The molecule has 0 aliphatic carbocycles. The lowest BCUT2D eigenvalue weighted by Gasteiger charge is -2.30. The molecule has 0 radical (unpaired) electrons. The van der Waals surface area contributed by atoms with Crippen LogP contribution in [-0.2, 0) is 24.2 Å². The summed E-state index contributed by atoms with van der Waals surface area (Å²) >= 11 is 6.53. The van der Waals surface area contributed by atoms with E-state index in [1.807, 2.05) is 6.33 Å². The maximum absolute atomic E-state index is 12.9. The Balaban J connectivity index is 1.37. The highest BCUT2D eigenvalue weighted by molar-refractivity contribution is 6.33. The third-order valence-corrected chi connectivity index (χ3v) is 7.01. The number of imidazole rings is 1. The van der Waals surface area contributed by atoms with Crippen molar-refractivity contribution < 1.29 is 4.74 Å². The van der Waals surface area contributed by atoms with Gasteiger partial charge in [0.1, 0.15) is 5.02 Å². The van der Waals surface area contributed by atoms with Crippen LogP contribution in [0.15, 0.2) is 35.5 Å². The van der Waals surface area contributed by atoms with Gasteiger partial charge in [-0.2, -0.15) is 9.78 Å². The maximum Gasteiger partial charge on any atom is 0.290 e. The highest BCUT2D eigenvalue weighted by atomic mass is 35.5. The van der Waals surface area contributed by atoms with Crippen molar-refractivity contribution >= 4 is 17.3 Å². The Morgan fingerprint density at radius 3 is 2.78 bits per heavy atom. The van der Waals surface area contributed by atoms with Crippen molar-refractivity contribution in [3.05, 3.63) is 74.2 Å². The molecule has 5 rings (SSSR count). The number of nitrogens with zero attached hydrogens (tertiary/aromatic N) is 5. The zero-order chi connectivity index (χ0) is 22.2. The highest BCUT2D eigenvalue weighted by Crippen LogP contribution is 2.29. The normalized spacial score (nSPS) is 18.6. The molecule has 1 fully saturated rings. The van der Waals surface area contributed by atoms with E-state index in [0.717, 1.165) is 44.5 Å². The largest absolute Gasteiger partial charge is 0.362 e. The molecule has 2 aliphatic rings. The third kappa shape index (κ3) is 3.84. The van der Waals surface area contributed by atoms with Crippen molar-refractivity contribution in [1.29, 1.82) is 0 Å². The van der Waals surface area contributed by atoms with E-state index in [4.69, 9.17) is 16.3 Å². The molecule has 3 aromatic rings. The smallest absolute Gasteiger partial charge is 0.290 e. The van der Waals surface area contributed by atoms with Gasteiger partial charge >= 0.3 is 0 Å². The van der Waals surface area contributed by atoms with Gasteiger partial charge in [-0.25, -0.2) is 4.98 Å². The summed E-state index contributed by atoms with van der Waals surface area (Å²) < 4.78 is 9.35. The molecule has 4 heterocycles. The SMILES string of the molecule is Cc1cccc(C)c1Cn1cnc2c1CCN(c1cnn(C3CCCCO3)c(=O)c1Cl)C2. The number of rotatable bonds is 4. The Bertz CT molecular complexity index is 1180. The fourth-order valence-corrected chi connectivity index (χ4v) is 5.01. The van der Waals surface area contributed by atoms with E-state index in [1.165, 1.54) is 27.1 Å². The molecule has 1 aromatic carbocycles. The van der Waals surface area contributed by atoms with E-state index in [9.17, 15) is 4.79 Å². The first-order valence-corrected chi connectivity index (χ1v) is 11.6. The van der Waals surface area contributed by atoms with Crippen LogP contribution >= 0.6 is 11.6 Å². The van der Waals surface area contributed by atoms with Crippen molar-refractivity contribution in [2.75, 3.05) is 18.1 Å². The van der Waals surface area contributed by atoms with Gasteiger partial charge in [-0.15, -0.1) is 0 Å². The van der Waals surface area contributed by atoms with Crippen molar-refractivity contribution in [3.63, 3.8) is 0 Å². The molecule has 0 bridgehead atoms. The molecule has 0 amide bonds. The Hall–Kier alpha value is -2.64. The van der Waals surface area contributed by atoms with Gasteiger partial charge in [-0.05, 0) is 49.8 Å². The lowest BCUT2D eigenvalue weighted by molar-refractivity contribution is -0.0424. The fourth-order valence-electron chi connectivity index (χ4n) is 4.76. The minimum Gasteiger partial charge on any atom is -0.362 e. The molecule has 2 aromatic heterocycles. The van der Waals surface area contributed by atoms with Crippen molar-refractivity contribution in [2.24, 2.45) is 0 Å². The predicted octanol–water partition coefficient (Wildman–Crippen LogP) is 4.02. The summed E-state index contributed by atoms with van der Waals surface area (Å²) in [6, 6.07) is 6.41. The number of anilines is 1. The Morgan fingerprint density at radius 1 is 1.22 bits per heavy atom. The molecule has 0 spiro atoms. The average Bonchev–Trinajstić information content (AvgIpc) is 3.21. The van der Waals surface area contributed by atoms with E-state index < -0.39 is 0 Å². The zero-order valence-corrected chi connectivity index (χ0v) is 19.3. The second-order valence-electron chi connectivity index (χ2n) is 8.72. The fraction of sp³-hybridized carbons (Fsp3) is 0.458. The number of fused-ring (bicyclic) bond motifs is 1. The van der Waals surface area contributed by atoms with Crippen LogP contribution in [0.4, 0.5) is 5.69 Å². The number of halogens is 1. The summed E-state index contributed by atoms with van der Waals surface area (Å²) in [6.07, 6.45) is 6.97. The Labute approximate surface area is 192 Å². The number of benzene rings is 1. The van der Waals surface area contributed by atoms with Crippen LogP contribution in [0.3, 0.4) is 0 Å². The standard InChI is InChI=1S/C24H28ClN5O2/c1-16-6-5-7-17(2)18(16)13-29-15-26-19-14-28(10-9-20(19)29)21-12-27-30(24(31)23(21)25)22-8-3-4-11-32-22/h5-7,12,15,22H,3-4,8-11,13-14H2,1-2H3. The van der Waals surface area contributed by atoms with Crippen LogP contribution in [0, 0.1) is 13.8 Å². The molecular weight excluding hydrogens is 426 g/mol. The average molecular weight is 454 g/mol. The van der Waals surface area contributed by atoms with Gasteiger partial charge in [-0.1, -0.05) is 29.8 Å². The summed E-state index contributed by atoms with van der Waals surface area (Å²) in [5.41, 5.74) is 6.59. The molecule has 0 saturated carbocycles. The Morgan fingerprint density at radius 2 is 2.03 bits per heavy atom. The Kier molecular flexibility index (Phi) is 5.78. The van der Waals surface area contributed by atoms with Crippen LogP contribution < -0.4 is 10.5 Å². The van der Waals surface area contributed by atoms with Crippen molar-refractivity contribution in [3.8, 4) is 0 Å². The van der Waals surface area contributed by atoms with Gasteiger partial charge < -0.3 is 14.2 Å². The van der Waals surface area contributed by atoms with Gasteiger partial charge in [-0.3, -0.25) is 4.79 Å². The molecule has 1 saturated heterocycles. The van der Waals surface area contributed by atoms with Crippen LogP contribution in [0.1, 0.15) is 53.6 Å². The number of ether oxygens (including phenoxy) is 1. The molecule has 168 valence electrons. The molecular formula is C24H28ClN5O2. The second kappa shape index (κ2) is 8.71. The monoisotopic (exact) mass is 453 g/mol. The van der Waals surface area contributed by atoms with E-state index in [0.29, 0.717) is 18.8 Å². The first-order valence-electron chi connectivity index (χ1n) is 11.2. The highest BCUT2D eigenvalue weighted by Gasteiger charge is 2.26. The van der Waals surface area contributed by atoms with Crippen LogP contribution in [0.5, 0.6) is 0 Å². The van der Waals surface area contributed by atoms with Gasteiger partial charge in [0.05, 0.1) is 30.5 Å².